The van der Waals surface area contributed by atoms with Crippen LogP contribution in [-0.4, -0.2) is 35.1 Å². The summed E-state index contributed by atoms with van der Waals surface area (Å²) in [5.74, 6) is -1.37. The maximum absolute atomic E-state index is 11.8. The van der Waals surface area contributed by atoms with Crippen LogP contribution >= 0.6 is 0 Å². The fourth-order valence-electron chi connectivity index (χ4n) is 1.92. The van der Waals surface area contributed by atoms with Gasteiger partial charge in [-0.05, 0) is 18.8 Å². The Morgan fingerprint density at radius 2 is 2.00 bits per heavy atom. The van der Waals surface area contributed by atoms with Crippen LogP contribution in [0.4, 0.5) is 0 Å². The Labute approximate surface area is 95.0 Å². The zero-order valence-corrected chi connectivity index (χ0v) is 9.73. The fraction of sp³-hybridized carbons (Fsp3) is 0.727. The van der Waals surface area contributed by atoms with Gasteiger partial charge >= 0.3 is 0 Å². The number of primary amides is 1. The molecule has 0 unspecified atom stereocenters. The van der Waals surface area contributed by atoms with Gasteiger partial charge in [-0.2, -0.15) is 0 Å². The number of Topliss-reactive ketones (excluding diaryl/α,β-unsaturated/α-hetero) is 1. The van der Waals surface area contributed by atoms with Crippen LogP contribution in [0.15, 0.2) is 0 Å². The van der Waals surface area contributed by atoms with E-state index in [1.807, 2.05) is 13.8 Å². The van der Waals surface area contributed by atoms with Gasteiger partial charge in [0, 0.05) is 13.0 Å². The Morgan fingerprint density at radius 3 is 2.50 bits per heavy atom. The first-order valence-electron chi connectivity index (χ1n) is 5.56. The molecule has 0 aromatic heterocycles. The lowest BCUT2D eigenvalue weighted by atomic mass is 10.1. The Balaban J connectivity index is 2.66. The second-order valence-electron chi connectivity index (χ2n) is 4.58. The summed E-state index contributed by atoms with van der Waals surface area (Å²) >= 11 is 0. The number of carbonyl (C=O) groups excluding carboxylic acids is 3. The second-order valence-corrected chi connectivity index (χ2v) is 4.58. The van der Waals surface area contributed by atoms with Crippen molar-refractivity contribution in [2.75, 3.05) is 6.54 Å². The van der Waals surface area contributed by atoms with Gasteiger partial charge in [0.1, 0.15) is 6.04 Å². The van der Waals surface area contributed by atoms with Gasteiger partial charge in [-0.25, -0.2) is 0 Å². The molecule has 0 spiro atoms. The van der Waals surface area contributed by atoms with Gasteiger partial charge in [0.2, 0.25) is 11.7 Å². The highest BCUT2D eigenvalue weighted by atomic mass is 16.2. The molecular weight excluding hydrogens is 208 g/mol. The lowest BCUT2D eigenvalue weighted by Gasteiger charge is -2.21. The summed E-state index contributed by atoms with van der Waals surface area (Å²) < 4.78 is 0. The summed E-state index contributed by atoms with van der Waals surface area (Å²) in [6.07, 6.45) is 1.52. The van der Waals surface area contributed by atoms with Gasteiger partial charge < -0.3 is 10.6 Å². The predicted octanol–water partition coefficient (Wildman–Crippen LogP) is 0.0779. The number of amides is 2. The normalized spacial score (nSPS) is 20.2. The molecule has 0 aromatic carbocycles. The highest BCUT2D eigenvalue weighted by Gasteiger charge is 2.35. The molecular formula is C11H18N2O3. The molecule has 5 nitrogen and oxygen atoms in total. The number of rotatable bonds is 4. The third-order valence-electron chi connectivity index (χ3n) is 2.67. The van der Waals surface area contributed by atoms with Crippen LogP contribution in [0.25, 0.3) is 0 Å². The summed E-state index contributed by atoms with van der Waals surface area (Å²) in [4.78, 5) is 35.7. The van der Waals surface area contributed by atoms with Gasteiger partial charge in [-0.1, -0.05) is 13.8 Å². The number of hydrogen-bond acceptors (Lipinski definition) is 3. The second kappa shape index (κ2) is 5.09. The molecule has 90 valence electrons. The molecule has 0 radical (unpaired) electrons. The third kappa shape index (κ3) is 2.81. The Hall–Kier alpha value is -1.39. The molecule has 1 atom stereocenters. The van der Waals surface area contributed by atoms with E-state index in [0.717, 1.165) is 6.42 Å². The number of nitrogens with zero attached hydrogens (tertiary/aromatic N) is 1. The molecule has 1 heterocycles. The van der Waals surface area contributed by atoms with Crippen molar-refractivity contribution >= 4 is 17.6 Å². The summed E-state index contributed by atoms with van der Waals surface area (Å²) in [5, 5.41) is 0. The Kier molecular flexibility index (Phi) is 4.04. The van der Waals surface area contributed by atoms with Crippen molar-refractivity contribution in [1.29, 1.82) is 0 Å². The van der Waals surface area contributed by atoms with E-state index >= 15 is 0 Å². The first-order chi connectivity index (χ1) is 7.43. The van der Waals surface area contributed by atoms with Gasteiger partial charge in [0.05, 0.1) is 0 Å². The van der Waals surface area contributed by atoms with E-state index in [0.29, 0.717) is 13.0 Å². The quantitative estimate of drug-likeness (QED) is 0.689. The predicted molar refractivity (Wildman–Crippen MR) is 58.4 cm³/mol. The van der Waals surface area contributed by atoms with Gasteiger partial charge in [0.25, 0.3) is 5.91 Å². The SMILES string of the molecule is CC(C)CC(=O)C(=O)N1CCC[C@H]1C(N)=O. The maximum Gasteiger partial charge on any atom is 0.290 e. The van der Waals surface area contributed by atoms with Crippen molar-refractivity contribution in [3.8, 4) is 0 Å². The minimum atomic E-state index is -0.594. The van der Waals surface area contributed by atoms with E-state index in [9.17, 15) is 14.4 Å². The van der Waals surface area contributed by atoms with E-state index in [1.165, 1.54) is 4.90 Å². The van der Waals surface area contributed by atoms with Gasteiger partial charge in [-0.15, -0.1) is 0 Å². The largest absolute Gasteiger partial charge is 0.368 e. The zero-order chi connectivity index (χ0) is 12.3. The van der Waals surface area contributed by atoms with Crippen molar-refractivity contribution in [3.63, 3.8) is 0 Å². The number of nitrogens with two attached hydrogens (primary N) is 1. The molecule has 1 saturated heterocycles. The van der Waals surface area contributed by atoms with E-state index in [1.54, 1.807) is 0 Å². The van der Waals surface area contributed by atoms with Crippen molar-refractivity contribution in [3.05, 3.63) is 0 Å². The minimum absolute atomic E-state index is 0.145. The Bertz CT molecular complexity index is 312. The molecule has 0 aliphatic carbocycles. The lowest BCUT2D eigenvalue weighted by molar-refractivity contribution is -0.147. The molecule has 5 heteroatoms. The van der Waals surface area contributed by atoms with Crippen molar-refractivity contribution in [2.45, 2.75) is 39.2 Å². The monoisotopic (exact) mass is 226 g/mol. The molecule has 2 amide bonds. The van der Waals surface area contributed by atoms with E-state index < -0.39 is 23.6 Å². The van der Waals surface area contributed by atoms with Crippen molar-refractivity contribution in [1.82, 2.24) is 4.90 Å². The summed E-state index contributed by atoms with van der Waals surface area (Å²) in [6.45, 7) is 4.21. The molecule has 1 fully saturated rings. The average Bonchev–Trinajstić information content (AvgIpc) is 2.63. The van der Waals surface area contributed by atoms with Crippen LogP contribution in [0, 0.1) is 5.92 Å². The highest BCUT2D eigenvalue weighted by Crippen LogP contribution is 2.18. The van der Waals surface area contributed by atoms with Crippen LogP contribution in [0.5, 0.6) is 0 Å². The number of likely N-dealkylation sites (tertiary alicyclic amines) is 1. The highest BCUT2D eigenvalue weighted by molar-refractivity contribution is 6.36. The molecule has 2 N–H and O–H groups in total. The number of carbonyl (C=O) groups is 3. The first-order valence-corrected chi connectivity index (χ1v) is 5.56. The van der Waals surface area contributed by atoms with Gasteiger partial charge in [0.15, 0.2) is 0 Å². The van der Waals surface area contributed by atoms with Crippen LogP contribution in [0.1, 0.15) is 33.1 Å². The minimum Gasteiger partial charge on any atom is -0.368 e. The molecule has 16 heavy (non-hydrogen) atoms. The summed E-state index contributed by atoms with van der Waals surface area (Å²) in [6, 6.07) is -0.594. The number of ketones is 1. The Morgan fingerprint density at radius 1 is 1.38 bits per heavy atom. The maximum atomic E-state index is 11.8. The zero-order valence-electron chi connectivity index (χ0n) is 9.73. The molecule has 1 aliphatic heterocycles. The van der Waals surface area contributed by atoms with E-state index in [-0.39, 0.29) is 12.3 Å². The lowest BCUT2D eigenvalue weighted by Crippen LogP contribution is -2.46. The third-order valence-corrected chi connectivity index (χ3v) is 2.67. The average molecular weight is 226 g/mol. The van der Waals surface area contributed by atoms with Crippen LogP contribution in [0.3, 0.4) is 0 Å². The molecule has 0 bridgehead atoms. The van der Waals surface area contributed by atoms with Crippen molar-refractivity contribution in [2.24, 2.45) is 11.7 Å². The standard InChI is InChI=1S/C11H18N2O3/c1-7(2)6-9(14)11(16)13-5-3-4-8(13)10(12)15/h7-8H,3-6H2,1-2H3,(H2,12,15)/t8-/m0/s1. The first kappa shape index (κ1) is 12.7. The number of hydrogen-bond donors (Lipinski definition) is 1. The summed E-state index contributed by atoms with van der Waals surface area (Å²) in [5.41, 5.74) is 5.18. The molecule has 1 aliphatic rings. The molecule has 0 saturated carbocycles. The smallest absolute Gasteiger partial charge is 0.290 e. The topological polar surface area (TPSA) is 80.5 Å². The van der Waals surface area contributed by atoms with Crippen LogP contribution in [-0.2, 0) is 14.4 Å². The van der Waals surface area contributed by atoms with Crippen molar-refractivity contribution < 1.29 is 14.4 Å². The molecule has 1 rings (SSSR count). The molecule has 0 aromatic rings. The van der Waals surface area contributed by atoms with Crippen LogP contribution in [0.2, 0.25) is 0 Å². The van der Waals surface area contributed by atoms with Gasteiger partial charge in [-0.3, -0.25) is 14.4 Å². The van der Waals surface area contributed by atoms with Crippen LogP contribution < -0.4 is 5.73 Å². The fourth-order valence-corrected chi connectivity index (χ4v) is 1.92. The van der Waals surface area contributed by atoms with E-state index in [4.69, 9.17) is 5.73 Å². The van der Waals surface area contributed by atoms with E-state index in [2.05, 4.69) is 0 Å². The summed E-state index contributed by atoms with van der Waals surface area (Å²) in [7, 11) is 0.